The third-order valence-electron chi connectivity index (χ3n) is 3.41. The number of hydrogen-bond donors (Lipinski definition) is 2. The maximum Gasteiger partial charge on any atom is 0.313 e. The molecule has 2 N–H and O–H groups in total. The number of aromatic nitrogens is 3. The second-order valence-electron chi connectivity index (χ2n) is 5.64. The first kappa shape index (κ1) is 16.7. The Morgan fingerprint density at radius 3 is 2.48 bits per heavy atom. The first-order chi connectivity index (χ1) is 10.8. The number of aryl methyl sites for hydroxylation is 4. The van der Waals surface area contributed by atoms with Crippen LogP contribution >= 0.6 is 0 Å². The summed E-state index contributed by atoms with van der Waals surface area (Å²) in [6.07, 6.45) is 0. The minimum Gasteiger partial charge on any atom is -0.359 e. The number of hydrogen-bond acceptors (Lipinski definition) is 5. The zero-order chi connectivity index (χ0) is 17.1. The standard InChI is InChI=1S/C15H21N5O3/c1-8-6-10(3)20(18-8)7-9(2)16-14(21)15(22)17-13-11(4)19-23-12(13)5/h6,9H,7H2,1-5H3,(H,16,21)(H,17,22). The van der Waals surface area contributed by atoms with Crippen molar-refractivity contribution in [3.63, 3.8) is 0 Å². The van der Waals surface area contributed by atoms with Crippen LogP contribution in [0, 0.1) is 27.7 Å². The van der Waals surface area contributed by atoms with Crippen LogP contribution in [0.4, 0.5) is 5.69 Å². The Kier molecular flexibility index (Phi) is 4.83. The molecule has 8 nitrogen and oxygen atoms in total. The Labute approximate surface area is 134 Å². The van der Waals surface area contributed by atoms with Crippen molar-refractivity contribution in [3.05, 3.63) is 28.9 Å². The Balaban J connectivity index is 1.93. The van der Waals surface area contributed by atoms with Gasteiger partial charge >= 0.3 is 11.8 Å². The van der Waals surface area contributed by atoms with Gasteiger partial charge in [0.05, 0.1) is 12.2 Å². The van der Waals surface area contributed by atoms with E-state index < -0.39 is 11.8 Å². The van der Waals surface area contributed by atoms with Crippen molar-refractivity contribution in [2.24, 2.45) is 0 Å². The van der Waals surface area contributed by atoms with Crippen molar-refractivity contribution in [2.75, 3.05) is 5.32 Å². The van der Waals surface area contributed by atoms with E-state index in [-0.39, 0.29) is 6.04 Å². The van der Waals surface area contributed by atoms with E-state index in [9.17, 15) is 9.59 Å². The fourth-order valence-corrected chi connectivity index (χ4v) is 2.29. The molecule has 2 aromatic rings. The topological polar surface area (TPSA) is 102 Å². The summed E-state index contributed by atoms with van der Waals surface area (Å²) in [7, 11) is 0. The van der Waals surface area contributed by atoms with Gasteiger partial charge in [-0.25, -0.2) is 0 Å². The summed E-state index contributed by atoms with van der Waals surface area (Å²) in [5, 5.41) is 13.2. The largest absolute Gasteiger partial charge is 0.359 e. The van der Waals surface area contributed by atoms with Crippen molar-refractivity contribution < 1.29 is 14.1 Å². The zero-order valence-electron chi connectivity index (χ0n) is 13.9. The van der Waals surface area contributed by atoms with Crippen LogP contribution in [-0.2, 0) is 16.1 Å². The number of rotatable bonds is 4. The van der Waals surface area contributed by atoms with Crippen LogP contribution in [0.1, 0.15) is 29.8 Å². The first-order valence-corrected chi connectivity index (χ1v) is 7.33. The third kappa shape index (κ3) is 3.97. The van der Waals surface area contributed by atoms with Crippen LogP contribution in [0.15, 0.2) is 10.6 Å². The smallest absolute Gasteiger partial charge is 0.313 e. The molecule has 0 spiro atoms. The summed E-state index contributed by atoms with van der Waals surface area (Å²) < 4.78 is 6.74. The maximum absolute atomic E-state index is 12.0. The van der Waals surface area contributed by atoms with E-state index in [1.165, 1.54) is 0 Å². The highest BCUT2D eigenvalue weighted by Gasteiger charge is 2.20. The molecule has 2 rings (SSSR count). The van der Waals surface area contributed by atoms with Crippen molar-refractivity contribution in [1.82, 2.24) is 20.3 Å². The summed E-state index contributed by atoms with van der Waals surface area (Å²) in [5.41, 5.74) is 2.87. The van der Waals surface area contributed by atoms with Gasteiger partial charge in [0.25, 0.3) is 0 Å². The lowest BCUT2D eigenvalue weighted by Gasteiger charge is -2.14. The van der Waals surface area contributed by atoms with Crippen LogP contribution in [0.3, 0.4) is 0 Å². The van der Waals surface area contributed by atoms with E-state index in [4.69, 9.17) is 4.52 Å². The van der Waals surface area contributed by atoms with Crippen LogP contribution in [0.5, 0.6) is 0 Å². The molecule has 0 aliphatic rings. The lowest BCUT2D eigenvalue weighted by molar-refractivity contribution is -0.136. The first-order valence-electron chi connectivity index (χ1n) is 7.33. The number of nitrogens with one attached hydrogen (secondary N) is 2. The molecule has 1 atom stereocenters. The van der Waals surface area contributed by atoms with Gasteiger partial charge in [0.2, 0.25) is 0 Å². The van der Waals surface area contributed by atoms with Gasteiger partial charge in [-0.1, -0.05) is 5.16 Å². The fourth-order valence-electron chi connectivity index (χ4n) is 2.29. The minimum absolute atomic E-state index is 0.240. The molecule has 1 unspecified atom stereocenters. The predicted molar refractivity (Wildman–Crippen MR) is 83.9 cm³/mol. The van der Waals surface area contributed by atoms with E-state index >= 15 is 0 Å². The molecule has 8 heteroatoms. The number of carbonyl (C=O) groups is 2. The number of nitrogens with zero attached hydrogens (tertiary/aromatic N) is 3. The average Bonchev–Trinajstić information content (AvgIpc) is 2.94. The van der Waals surface area contributed by atoms with E-state index in [0.717, 1.165) is 11.4 Å². The molecule has 0 aliphatic heterocycles. The molecule has 0 saturated heterocycles. The highest BCUT2D eigenvalue weighted by Crippen LogP contribution is 2.18. The molecule has 23 heavy (non-hydrogen) atoms. The Morgan fingerprint density at radius 2 is 1.96 bits per heavy atom. The van der Waals surface area contributed by atoms with Gasteiger partial charge in [0.15, 0.2) is 5.76 Å². The van der Waals surface area contributed by atoms with Crippen LogP contribution in [0.25, 0.3) is 0 Å². The Bertz CT molecular complexity index is 712. The second-order valence-corrected chi connectivity index (χ2v) is 5.64. The lowest BCUT2D eigenvalue weighted by Crippen LogP contribution is -2.42. The zero-order valence-corrected chi connectivity index (χ0v) is 13.9. The monoisotopic (exact) mass is 319 g/mol. The SMILES string of the molecule is Cc1cc(C)n(CC(C)NC(=O)C(=O)Nc2c(C)noc2C)n1. The van der Waals surface area contributed by atoms with Gasteiger partial charge in [0.1, 0.15) is 11.4 Å². The minimum atomic E-state index is -0.750. The van der Waals surface area contributed by atoms with Crippen molar-refractivity contribution in [1.29, 1.82) is 0 Å². The number of anilines is 1. The predicted octanol–water partition coefficient (Wildman–Crippen LogP) is 1.25. The molecular weight excluding hydrogens is 298 g/mol. The maximum atomic E-state index is 12.0. The molecule has 0 bridgehead atoms. The number of amides is 2. The van der Waals surface area contributed by atoms with Crippen molar-refractivity contribution in [3.8, 4) is 0 Å². The normalized spacial score (nSPS) is 12.0. The molecule has 0 aliphatic carbocycles. The summed E-state index contributed by atoms with van der Waals surface area (Å²) >= 11 is 0. The number of carbonyl (C=O) groups excluding carboxylic acids is 2. The molecule has 0 aromatic carbocycles. The molecule has 124 valence electrons. The van der Waals surface area contributed by atoms with E-state index in [1.54, 1.807) is 18.5 Å². The van der Waals surface area contributed by atoms with Gasteiger partial charge in [-0.2, -0.15) is 5.10 Å². The molecule has 0 saturated carbocycles. The summed E-state index contributed by atoms with van der Waals surface area (Å²) in [6.45, 7) is 9.51. The molecule has 2 aromatic heterocycles. The van der Waals surface area contributed by atoms with Gasteiger partial charge < -0.3 is 15.2 Å². The van der Waals surface area contributed by atoms with E-state index in [1.807, 2.05) is 26.8 Å². The van der Waals surface area contributed by atoms with Crippen molar-refractivity contribution in [2.45, 2.75) is 47.2 Å². The van der Waals surface area contributed by atoms with Crippen molar-refractivity contribution >= 4 is 17.5 Å². The molecule has 2 heterocycles. The highest BCUT2D eigenvalue weighted by molar-refractivity contribution is 6.39. The Hall–Kier alpha value is -2.64. The van der Waals surface area contributed by atoms with Crippen LogP contribution in [-0.4, -0.2) is 32.8 Å². The van der Waals surface area contributed by atoms with Crippen LogP contribution in [0.2, 0.25) is 0 Å². The summed E-state index contributed by atoms with van der Waals surface area (Å²) in [5.74, 6) is -1.00. The molecule has 0 fully saturated rings. The second kappa shape index (κ2) is 6.64. The fraction of sp³-hybridized carbons (Fsp3) is 0.467. The summed E-state index contributed by atoms with van der Waals surface area (Å²) in [4.78, 5) is 23.9. The van der Waals surface area contributed by atoms with Gasteiger partial charge in [-0.05, 0) is 40.7 Å². The Morgan fingerprint density at radius 1 is 1.26 bits per heavy atom. The van der Waals surface area contributed by atoms with E-state index in [0.29, 0.717) is 23.7 Å². The molecular formula is C15H21N5O3. The van der Waals surface area contributed by atoms with Gasteiger partial charge in [0, 0.05) is 11.7 Å². The van der Waals surface area contributed by atoms with E-state index in [2.05, 4.69) is 20.9 Å². The lowest BCUT2D eigenvalue weighted by atomic mass is 10.3. The summed E-state index contributed by atoms with van der Waals surface area (Å²) in [6, 6.07) is 1.72. The van der Waals surface area contributed by atoms with Gasteiger partial charge in [-0.3, -0.25) is 14.3 Å². The average molecular weight is 319 g/mol. The van der Waals surface area contributed by atoms with Crippen LogP contribution < -0.4 is 10.6 Å². The molecule has 0 radical (unpaired) electrons. The quantitative estimate of drug-likeness (QED) is 0.826. The third-order valence-corrected chi connectivity index (χ3v) is 3.41. The molecule has 2 amide bonds. The highest BCUT2D eigenvalue weighted by atomic mass is 16.5. The van der Waals surface area contributed by atoms with Gasteiger partial charge in [-0.15, -0.1) is 0 Å².